The van der Waals surface area contributed by atoms with Gasteiger partial charge in [0.1, 0.15) is 17.8 Å². The minimum atomic E-state index is -0.346. The van der Waals surface area contributed by atoms with Crippen molar-refractivity contribution < 1.29 is 18.7 Å². The molecular formula is C30H41NO5. The Morgan fingerprint density at radius 2 is 1.86 bits per heavy atom. The Kier molecular flexibility index (Phi) is 5.16. The van der Waals surface area contributed by atoms with Crippen molar-refractivity contribution in [2.24, 2.45) is 28.6 Å². The fraction of sp³-hybridized carbons (Fsp3) is 0.800. The predicted octanol–water partition coefficient (Wildman–Crippen LogP) is 4.90. The number of hydrogen-bond acceptors (Lipinski definition) is 6. The van der Waals surface area contributed by atoms with E-state index in [2.05, 4.69) is 18.7 Å². The number of likely N-dealkylation sites (tertiary alicyclic amines) is 1. The van der Waals surface area contributed by atoms with Gasteiger partial charge >= 0.3 is 11.6 Å². The van der Waals surface area contributed by atoms with Crippen LogP contribution < -0.4 is 5.63 Å². The van der Waals surface area contributed by atoms with Crippen LogP contribution in [-0.2, 0) is 14.3 Å². The molecule has 6 nitrogen and oxygen atoms in total. The molecule has 2 saturated heterocycles. The van der Waals surface area contributed by atoms with Crippen LogP contribution in [0.1, 0.15) is 90.0 Å². The first-order chi connectivity index (χ1) is 17.3. The minimum Gasteiger partial charge on any atom is -0.459 e. The van der Waals surface area contributed by atoms with Gasteiger partial charge < -0.3 is 18.8 Å². The van der Waals surface area contributed by atoms with Gasteiger partial charge in [0.15, 0.2) is 0 Å². The van der Waals surface area contributed by atoms with E-state index in [1.807, 2.05) is 6.07 Å². The van der Waals surface area contributed by atoms with Crippen LogP contribution in [0.3, 0.4) is 0 Å². The summed E-state index contributed by atoms with van der Waals surface area (Å²) in [6.07, 6.45) is 12.8. The van der Waals surface area contributed by atoms with Crippen LogP contribution in [0.2, 0.25) is 0 Å². The number of carbonyl (C=O) groups excluding carboxylic acids is 1. The Morgan fingerprint density at radius 3 is 2.58 bits per heavy atom. The number of epoxide rings is 1. The second-order valence-electron chi connectivity index (χ2n) is 13.4. The van der Waals surface area contributed by atoms with Gasteiger partial charge in [0.25, 0.3) is 0 Å². The molecule has 196 valence electrons. The molecule has 6 fully saturated rings. The number of nitrogens with zero attached hydrogens (tertiary/aromatic N) is 1. The van der Waals surface area contributed by atoms with Gasteiger partial charge in [-0.1, -0.05) is 13.8 Å². The van der Waals surface area contributed by atoms with Crippen LogP contribution in [0, 0.1) is 28.6 Å². The third kappa shape index (κ3) is 3.03. The molecule has 0 amide bonds. The van der Waals surface area contributed by atoms with E-state index in [4.69, 9.17) is 13.9 Å². The molecule has 2 aliphatic heterocycles. The van der Waals surface area contributed by atoms with Gasteiger partial charge in [-0.05, 0) is 106 Å². The molecule has 10 atom stereocenters. The summed E-state index contributed by atoms with van der Waals surface area (Å²) in [5, 5.41) is 0. The van der Waals surface area contributed by atoms with E-state index in [0.717, 1.165) is 23.9 Å². The minimum absolute atomic E-state index is 0.0121. The smallest absolute Gasteiger partial charge is 0.335 e. The van der Waals surface area contributed by atoms with Gasteiger partial charge in [-0.3, -0.25) is 4.79 Å². The third-order valence-corrected chi connectivity index (χ3v) is 12.1. The first kappa shape index (κ1) is 23.5. The number of ether oxygens (including phenoxy) is 2. The summed E-state index contributed by atoms with van der Waals surface area (Å²) in [6.45, 7) is 9.06. The van der Waals surface area contributed by atoms with E-state index in [-0.39, 0.29) is 40.7 Å². The Hall–Kier alpha value is -1.66. The third-order valence-electron chi connectivity index (χ3n) is 12.1. The van der Waals surface area contributed by atoms with Crippen molar-refractivity contribution in [3.8, 4) is 0 Å². The summed E-state index contributed by atoms with van der Waals surface area (Å²) in [5.41, 5.74) is 0.607. The molecule has 0 aromatic carbocycles. The van der Waals surface area contributed by atoms with Gasteiger partial charge in [-0.2, -0.15) is 0 Å². The first-order valence-corrected chi connectivity index (χ1v) is 14.5. The molecule has 36 heavy (non-hydrogen) atoms. The summed E-state index contributed by atoms with van der Waals surface area (Å²) >= 11 is 0. The Balaban J connectivity index is 1.21. The quantitative estimate of drug-likeness (QED) is 0.439. The maximum atomic E-state index is 12.2. The molecular weight excluding hydrogens is 454 g/mol. The highest BCUT2D eigenvalue weighted by Gasteiger charge is 2.84. The SMILES string of the molecule is CC(=O)O[C@H]1[C@H]2O[C@]23[C@@H]2CC[C@@H]4CC(N5CCCC5)CC[C@]4(C)[C@H]2CC[C@]3(C)[C@H]1c1ccc(=O)oc1. The Morgan fingerprint density at radius 1 is 1.06 bits per heavy atom. The van der Waals surface area contributed by atoms with Crippen molar-refractivity contribution in [3.63, 3.8) is 0 Å². The molecule has 1 aromatic heterocycles. The first-order valence-electron chi connectivity index (χ1n) is 14.5. The highest BCUT2D eigenvalue weighted by molar-refractivity contribution is 5.66. The van der Waals surface area contributed by atoms with E-state index in [0.29, 0.717) is 17.3 Å². The molecule has 4 saturated carbocycles. The molecule has 3 heterocycles. The van der Waals surface area contributed by atoms with Gasteiger partial charge in [-0.15, -0.1) is 0 Å². The monoisotopic (exact) mass is 495 g/mol. The second-order valence-corrected chi connectivity index (χ2v) is 13.4. The molecule has 6 aliphatic rings. The second kappa shape index (κ2) is 7.92. The topological polar surface area (TPSA) is 72.3 Å². The average molecular weight is 496 g/mol. The Bertz CT molecular complexity index is 1090. The molecule has 1 unspecified atom stereocenters. The zero-order chi connectivity index (χ0) is 24.9. The molecule has 1 spiro atoms. The van der Waals surface area contributed by atoms with Crippen molar-refractivity contribution in [2.45, 2.75) is 108 Å². The zero-order valence-electron chi connectivity index (χ0n) is 22.0. The van der Waals surface area contributed by atoms with Crippen LogP contribution in [0.25, 0.3) is 0 Å². The summed E-state index contributed by atoms with van der Waals surface area (Å²) in [6, 6.07) is 4.16. The number of esters is 1. The van der Waals surface area contributed by atoms with E-state index >= 15 is 0 Å². The number of rotatable bonds is 3. The summed E-state index contributed by atoms with van der Waals surface area (Å²) < 4.78 is 18.1. The van der Waals surface area contributed by atoms with Crippen LogP contribution in [-0.4, -0.2) is 47.8 Å². The lowest BCUT2D eigenvalue weighted by molar-refractivity contribution is -0.157. The van der Waals surface area contributed by atoms with E-state index in [9.17, 15) is 9.59 Å². The standard InChI is InChI=1S/C30H41NO5/c1-18(32)35-26-25(19-6-9-24(33)34-17-19)29(3)13-11-22-23(30(29)27(26)36-30)8-7-20-16-21(10-12-28(20,22)2)31-14-4-5-15-31/h6,9,17,20-23,25-27H,4-5,7-8,10-16H2,1-3H3/t20-,21?,22+,23-,25+,26-,27-,28+,29-,30-/m1/s1. The molecule has 0 N–H and O–H groups in total. The molecule has 1 aromatic rings. The van der Waals surface area contributed by atoms with Crippen LogP contribution >= 0.6 is 0 Å². The lowest BCUT2D eigenvalue weighted by atomic mass is 9.44. The maximum Gasteiger partial charge on any atom is 0.335 e. The van der Waals surface area contributed by atoms with Gasteiger partial charge in [-0.25, -0.2) is 4.79 Å². The van der Waals surface area contributed by atoms with E-state index in [1.54, 1.807) is 6.26 Å². The molecule has 0 radical (unpaired) electrons. The van der Waals surface area contributed by atoms with Crippen LogP contribution in [0.4, 0.5) is 0 Å². The zero-order valence-corrected chi connectivity index (χ0v) is 22.0. The largest absolute Gasteiger partial charge is 0.459 e. The van der Waals surface area contributed by atoms with Crippen LogP contribution in [0.15, 0.2) is 27.6 Å². The fourth-order valence-corrected chi connectivity index (χ4v) is 10.5. The van der Waals surface area contributed by atoms with E-state index < -0.39 is 0 Å². The summed E-state index contributed by atoms with van der Waals surface area (Å²) in [7, 11) is 0. The predicted molar refractivity (Wildman–Crippen MR) is 134 cm³/mol. The van der Waals surface area contributed by atoms with Gasteiger partial charge in [0.2, 0.25) is 0 Å². The fourth-order valence-electron chi connectivity index (χ4n) is 10.5. The van der Waals surface area contributed by atoms with E-state index in [1.165, 1.54) is 77.4 Å². The lowest BCUT2D eigenvalue weighted by Crippen LogP contribution is -2.59. The summed E-state index contributed by atoms with van der Waals surface area (Å²) in [5.74, 6) is 1.70. The average Bonchev–Trinajstić information content (AvgIpc) is 3.25. The lowest BCUT2D eigenvalue weighted by Gasteiger charge is -2.61. The highest BCUT2D eigenvalue weighted by Crippen LogP contribution is 2.78. The van der Waals surface area contributed by atoms with Crippen molar-refractivity contribution in [3.05, 3.63) is 34.4 Å². The van der Waals surface area contributed by atoms with Crippen molar-refractivity contribution in [2.75, 3.05) is 13.1 Å². The van der Waals surface area contributed by atoms with Gasteiger partial charge in [0, 0.05) is 30.4 Å². The molecule has 6 heteroatoms. The van der Waals surface area contributed by atoms with Gasteiger partial charge in [0.05, 0.1) is 6.26 Å². The molecule has 0 bridgehead atoms. The van der Waals surface area contributed by atoms with Crippen LogP contribution in [0.5, 0.6) is 0 Å². The maximum absolute atomic E-state index is 12.2. The normalized spacial score (nSPS) is 49.5. The van der Waals surface area contributed by atoms with Crippen molar-refractivity contribution in [1.82, 2.24) is 4.90 Å². The molecule has 4 aliphatic carbocycles. The molecule has 7 rings (SSSR count). The summed E-state index contributed by atoms with van der Waals surface area (Å²) in [4.78, 5) is 26.7. The number of hydrogen-bond donors (Lipinski definition) is 0. The number of carbonyl (C=O) groups is 1. The van der Waals surface area contributed by atoms with Crippen molar-refractivity contribution in [1.29, 1.82) is 0 Å². The van der Waals surface area contributed by atoms with Crippen molar-refractivity contribution >= 4 is 5.97 Å². The highest BCUT2D eigenvalue weighted by atomic mass is 16.7. The Labute approximate surface area is 214 Å². The number of fused-ring (bicyclic) bond motifs is 3.